The van der Waals surface area contributed by atoms with Crippen molar-refractivity contribution in [2.24, 2.45) is 5.92 Å². The van der Waals surface area contributed by atoms with E-state index < -0.39 is 41.8 Å². The number of hydrogen-bond donors (Lipinski definition) is 4. The number of carbonyl (C=O) groups excluding carboxylic acids is 2. The van der Waals surface area contributed by atoms with Gasteiger partial charge in [-0.1, -0.05) is 19.1 Å². The number of aliphatic hydroxyl groups excluding tert-OH is 2. The van der Waals surface area contributed by atoms with Gasteiger partial charge in [0.05, 0.1) is 6.10 Å². The van der Waals surface area contributed by atoms with E-state index in [9.17, 15) is 29.3 Å². The number of nitrogens with one attached hydrogen (secondary N) is 1. The van der Waals surface area contributed by atoms with Crippen molar-refractivity contribution in [3.63, 3.8) is 0 Å². The van der Waals surface area contributed by atoms with E-state index >= 15 is 0 Å². The number of fused-ring (bicyclic) bond motifs is 1. The van der Waals surface area contributed by atoms with Crippen molar-refractivity contribution in [2.75, 3.05) is 5.32 Å². The Labute approximate surface area is 174 Å². The van der Waals surface area contributed by atoms with Crippen LogP contribution in [0.25, 0.3) is 6.08 Å². The quantitative estimate of drug-likeness (QED) is 0.543. The molecule has 30 heavy (non-hydrogen) atoms. The SMILES string of the molecule is CC(C)Nc1cc(O)c2c(c1)/C=C/CC(O)C(O)C(=O)/C(F)=C\C(C)C(C)OC2=O. The maximum absolute atomic E-state index is 14.2. The van der Waals surface area contributed by atoms with E-state index in [1.807, 2.05) is 13.8 Å². The van der Waals surface area contributed by atoms with E-state index in [0.29, 0.717) is 11.3 Å². The minimum absolute atomic E-state index is 0.0717. The number of ether oxygens (including phenoxy) is 1. The molecule has 7 nitrogen and oxygen atoms in total. The number of benzene rings is 1. The summed E-state index contributed by atoms with van der Waals surface area (Å²) in [6, 6.07) is 3.12. The Morgan fingerprint density at radius 2 is 1.87 bits per heavy atom. The van der Waals surface area contributed by atoms with E-state index in [1.165, 1.54) is 32.1 Å². The van der Waals surface area contributed by atoms with Gasteiger partial charge in [-0.05, 0) is 44.9 Å². The van der Waals surface area contributed by atoms with Crippen molar-refractivity contribution in [1.29, 1.82) is 0 Å². The second-order valence-corrected chi connectivity index (χ2v) is 7.76. The van der Waals surface area contributed by atoms with Crippen LogP contribution in [0.1, 0.15) is 50.0 Å². The number of phenols is 1. The number of cyclic esters (lactones) is 1. The number of hydrogen-bond acceptors (Lipinski definition) is 7. The molecular weight excluding hydrogens is 393 g/mol. The average Bonchev–Trinajstić information content (AvgIpc) is 2.64. The lowest BCUT2D eigenvalue weighted by atomic mass is 9.99. The first kappa shape index (κ1) is 23.6. The molecular formula is C22H28FNO6. The molecule has 0 aliphatic carbocycles. The standard InChI is InChI=1S/C22H28FNO6/c1-11(2)24-15-9-14-6-5-7-17(25)21(28)20(27)16(23)8-12(3)13(4)30-22(29)19(14)18(26)10-15/h5-6,8-13,17,21,24-26,28H,7H2,1-4H3/b6-5+,16-8+. The Hall–Kier alpha value is -2.71. The molecule has 0 fully saturated rings. The molecule has 8 heteroatoms. The van der Waals surface area contributed by atoms with Crippen LogP contribution in [0.2, 0.25) is 0 Å². The van der Waals surface area contributed by atoms with Crippen LogP contribution in [0.4, 0.5) is 10.1 Å². The number of carbonyl (C=O) groups is 2. The largest absolute Gasteiger partial charge is 0.507 e. The van der Waals surface area contributed by atoms with Crippen LogP contribution in [-0.2, 0) is 9.53 Å². The summed E-state index contributed by atoms with van der Waals surface area (Å²) < 4.78 is 19.6. The number of phenolic OH excluding ortho intramolecular Hbond substituents is 1. The summed E-state index contributed by atoms with van der Waals surface area (Å²) in [5, 5.41) is 33.6. The van der Waals surface area contributed by atoms with Crippen LogP contribution in [0.15, 0.2) is 30.1 Å². The highest BCUT2D eigenvalue weighted by atomic mass is 19.1. The summed E-state index contributed by atoms with van der Waals surface area (Å²) in [7, 11) is 0. The first-order chi connectivity index (χ1) is 14.0. The number of aromatic hydroxyl groups is 1. The van der Waals surface area contributed by atoms with E-state index in [4.69, 9.17) is 4.74 Å². The van der Waals surface area contributed by atoms with Crippen LogP contribution in [0, 0.1) is 5.92 Å². The molecule has 0 amide bonds. The van der Waals surface area contributed by atoms with Gasteiger partial charge in [-0.25, -0.2) is 9.18 Å². The smallest absolute Gasteiger partial charge is 0.342 e. The predicted octanol–water partition coefficient (Wildman–Crippen LogP) is 2.96. The highest BCUT2D eigenvalue weighted by Gasteiger charge is 2.29. The van der Waals surface area contributed by atoms with Gasteiger partial charge >= 0.3 is 5.97 Å². The Morgan fingerprint density at radius 1 is 1.20 bits per heavy atom. The minimum Gasteiger partial charge on any atom is -0.507 e. The monoisotopic (exact) mass is 421 g/mol. The zero-order valence-corrected chi connectivity index (χ0v) is 17.4. The van der Waals surface area contributed by atoms with E-state index in [-0.39, 0.29) is 23.8 Å². The van der Waals surface area contributed by atoms with Gasteiger partial charge in [0.2, 0.25) is 5.78 Å². The molecule has 0 aromatic heterocycles. The van der Waals surface area contributed by atoms with Crippen molar-refractivity contribution in [3.05, 3.63) is 41.2 Å². The van der Waals surface area contributed by atoms with Gasteiger partial charge in [0.1, 0.15) is 23.5 Å². The highest BCUT2D eigenvalue weighted by Crippen LogP contribution is 2.30. The van der Waals surface area contributed by atoms with Crippen molar-refractivity contribution >= 4 is 23.5 Å². The molecule has 0 saturated carbocycles. The second-order valence-electron chi connectivity index (χ2n) is 7.76. The molecule has 1 heterocycles. The predicted molar refractivity (Wildman–Crippen MR) is 111 cm³/mol. The fourth-order valence-corrected chi connectivity index (χ4v) is 2.98. The molecule has 164 valence electrons. The molecule has 0 spiro atoms. The number of Topliss-reactive ketones (excluding diaryl/α,β-unsaturated/α-hetero) is 1. The topological polar surface area (TPSA) is 116 Å². The Morgan fingerprint density at radius 3 is 2.50 bits per heavy atom. The maximum Gasteiger partial charge on any atom is 0.342 e. The maximum atomic E-state index is 14.2. The Balaban J connectivity index is 2.54. The third-order valence-electron chi connectivity index (χ3n) is 4.79. The zero-order valence-electron chi connectivity index (χ0n) is 17.4. The van der Waals surface area contributed by atoms with Gasteiger partial charge in [-0.2, -0.15) is 0 Å². The molecule has 0 saturated heterocycles. The van der Waals surface area contributed by atoms with Gasteiger partial charge in [-0.15, -0.1) is 0 Å². The Bertz CT molecular complexity index is 863. The summed E-state index contributed by atoms with van der Waals surface area (Å²) in [4.78, 5) is 24.7. The number of anilines is 1. The third-order valence-corrected chi connectivity index (χ3v) is 4.79. The zero-order chi connectivity index (χ0) is 22.6. The van der Waals surface area contributed by atoms with Crippen molar-refractivity contribution < 1.29 is 34.0 Å². The van der Waals surface area contributed by atoms with E-state index in [0.717, 1.165) is 6.08 Å². The van der Waals surface area contributed by atoms with Crippen LogP contribution in [0.5, 0.6) is 5.75 Å². The van der Waals surface area contributed by atoms with Crippen LogP contribution in [0.3, 0.4) is 0 Å². The number of ketones is 1. The van der Waals surface area contributed by atoms with Crippen LogP contribution >= 0.6 is 0 Å². The summed E-state index contributed by atoms with van der Waals surface area (Å²) in [5.74, 6) is -4.26. The fraction of sp³-hybridized carbons (Fsp3) is 0.455. The van der Waals surface area contributed by atoms with Crippen molar-refractivity contribution in [2.45, 2.75) is 58.5 Å². The van der Waals surface area contributed by atoms with Gasteiger partial charge in [0.25, 0.3) is 0 Å². The fourth-order valence-electron chi connectivity index (χ4n) is 2.98. The van der Waals surface area contributed by atoms with Gasteiger partial charge in [0, 0.05) is 23.7 Å². The molecule has 0 radical (unpaired) electrons. The second kappa shape index (κ2) is 9.86. The first-order valence-corrected chi connectivity index (χ1v) is 9.80. The average molecular weight is 421 g/mol. The van der Waals surface area contributed by atoms with Crippen LogP contribution in [-0.4, -0.2) is 51.4 Å². The molecule has 1 aliphatic rings. The third kappa shape index (κ3) is 5.67. The number of halogens is 1. The molecule has 4 N–H and O–H groups in total. The normalized spacial score (nSPS) is 28.7. The lowest BCUT2D eigenvalue weighted by molar-refractivity contribution is -0.130. The van der Waals surface area contributed by atoms with Crippen molar-refractivity contribution in [1.82, 2.24) is 0 Å². The number of rotatable bonds is 2. The molecule has 4 unspecified atom stereocenters. The Kier molecular flexibility index (Phi) is 7.75. The highest BCUT2D eigenvalue weighted by molar-refractivity contribution is 5.98. The van der Waals surface area contributed by atoms with Gasteiger partial charge in [0.15, 0.2) is 5.83 Å². The number of esters is 1. The van der Waals surface area contributed by atoms with Gasteiger partial charge in [-0.3, -0.25) is 4.79 Å². The molecule has 4 atom stereocenters. The van der Waals surface area contributed by atoms with E-state index in [1.54, 1.807) is 6.07 Å². The van der Waals surface area contributed by atoms with E-state index in [2.05, 4.69) is 5.32 Å². The summed E-state index contributed by atoms with van der Waals surface area (Å²) in [6.45, 7) is 6.89. The molecule has 1 aliphatic heterocycles. The minimum atomic E-state index is -1.93. The summed E-state index contributed by atoms with van der Waals surface area (Å²) in [5.41, 5.74) is 0.823. The number of aliphatic hydroxyl groups is 2. The summed E-state index contributed by atoms with van der Waals surface area (Å²) >= 11 is 0. The molecule has 1 aromatic rings. The van der Waals surface area contributed by atoms with Crippen molar-refractivity contribution in [3.8, 4) is 5.75 Å². The lowest BCUT2D eigenvalue weighted by Crippen LogP contribution is -2.34. The lowest BCUT2D eigenvalue weighted by Gasteiger charge is -2.21. The van der Waals surface area contributed by atoms with Gasteiger partial charge < -0.3 is 25.4 Å². The van der Waals surface area contributed by atoms with Crippen LogP contribution < -0.4 is 5.32 Å². The molecule has 1 aromatic carbocycles. The molecule has 0 bridgehead atoms. The first-order valence-electron chi connectivity index (χ1n) is 9.80. The molecule has 2 rings (SSSR count). The summed E-state index contributed by atoms with van der Waals surface area (Å²) in [6.07, 6.45) is -0.645.